The minimum absolute atomic E-state index is 0. The number of rotatable bonds is 6. The molecular weight excluding hydrogens is 495 g/mol. The molecule has 1 aliphatic rings. The molecule has 0 aliphatic heterocycles. The average Bonchev–Trinajstić information content (AvgIpc) is 3.21. The van der Waals surface area contributed by atoms with Crippen LogP contribution in [0.25, 0.3) is 11.3 Å². The van der Waals surface area contributed by atoms with Crippen molar-refractivity contribution in [1.29, 1.82) is 0 Å². The number of carbonyl (C=O) groups excluding carboxylic acids is 1. The highest BCUT2D eigenvalue weighted by molar-refractivity contribution is 14.0. The summed E-state index contributed by atoms with van der Waals surface area (Å²) in [6.45, 7) is 4.80. The predicted octanol–water partition coefficient (Wildman–Crippen LogP) is 4.05. The lowest BCUT2D eigenvalue weighted by atomic mass is 9.86. The smallest absolute Gasteiger partial charge is 0.308 e. The molecule has 1 heterocycles. The van der Waals surface area contributed by atoms with Gasteiger partial charge in [0.05, 0.1) is 25.3 Å². The second-order valence-corrected chi connectivity index (χ2v) is 7.35. The zero-order valence-electron chi connectivity index (χ0n) is 17.8. The first kappa shape index (κ1) is 24.2. The van der Waals surface area contributed by atoms with E-state index in [4.69, 9.17) is 9.15 Å². The Bertz CT molecular complexity index is 827. The Kier molecular flexibility index (Phi) is 9.61. The van der Waals surface area contributed by atoms with Gasteiger partial charge in [0.2, 0.25) is 5.89 Å². The number of nitrogens with one attached hydrogen (secondary N) is 2. The van der Waals surface area contributed by atoms with Gasteiger partial charge in [0.25, 0.3) is 0 Å². The van der Waals surface area contributed by atoms with Crippen molar-refractivity contribution in [2.75, 3.05) is 13.7 Å². The summed E-state index contributed by atoms with van der Waals surface area (Å²) < 4.78 is 11.0. The van der Waals surface area contributed by atoms with Crippen molar-refractivity contribution in [3.05, 3.63) is 41.9 Å². The molecule has 3 rings (SSSR count). The van der Waals surface area contributed by atoms with Gasteiger partial charge in [-0.25, -0.2) is 4.98 Å². The minimum Gasteiger partial charge on any atom is -0.466 e. The van der Waals surface area contributed by atoms with Gasteiger partial charge < -0.3 is 19.8 Å². The molecule has 1 fully saturated rings. The number of esters is 1. The first-order chi connectivity index (χ1) is 14.1. The van der Waals surface area contributed by atoms with Crippen molar-refractivity contribution < 1.29 is 13.9 Å². The molecule has 0 amide bonds. The number of carbonyl (C=O) groups is 1. The normalized spacial score (nSPS) is 19.0. The van der Waals surface area contributed by atoms with Crippen molar-refractivity contribution in [2.24, 2.45) is 10.9 Å². The Labute approximate surface area is 195 Å². The Balaban J connectivity index is 0.00000320. The number of hydrogen-bond donors (Lipinski definition) is 2. The van der Waals surface area contributed by atoms with Crippen LogP contribution in [0.15, 0.2) is 39.9 Å². The van der Waals surface area contributed by atoms with E-state index in [1.807, 2.05) is 19.1 Å². The quantitative estimate of drug-likeness (QED) is 0.256. The van der Waals surface area contributed by atoms with Crippen LogP contribution in [-0.4, -0.2) is 36.6 Å². The van der Waals surface area contributed by atoms with E-state index in [0.717, 1.165) is 37.0 Å². The summed E-state index contributed by atoms with van der Waals surface area (Å²) in [4.78, 5) is 20.5. The molecule has 164 valence electrons. The lowest BCUT2D eigenvalue weighted by Crippen LogP contribution is -2.45. The van der Waals surface area contributed by atoms with Crippen LogP contribution in [0.2, 0.25) is 0 Å². The molecule has 7 nitrogen and oxygen atoms in total. The monoisotopic (exact) mass is 526 g/mol. The number of aromatic nitrogens is 1. The fourth-order valence-corrected chi connectivity index (χ4v) is 3.52. The summed E-state index contributed by atoms with van der Waals surface area (Å²) in [5, 5.41) is 6.68. The second-order valence-electron chi connectivity index (χ2n) is 7.35. The van der Waals surface area contributed by atoms with Crippen LogP contribution >= 0.6 is 24.0 Å². The maximum atomic E-state index is 11.9. The standard InChI is InChI=1S/C22H30N4O3.HI/c1-4-28-21(27)17-9-11-18(12-10-17)26-22(23-3)25-14-20-24-13-19(29-20)16-7-5-15(2)6-8-16;/h5-8,13,17-18H,4,9-12,14H2,1-3H3,(H2,23,25,26);1H. The predicted molar refractivity (Wildman–Crippen MR) is 128 cm³/mol. The summed E-state index contributed by atoms with van der Waals surface area (Å²) in [6, 6.07) is 8.45. The van der Waals surface area contributed by atoms with E-state index in [0.29, 0.717) is 31.0 Å². The molecule has 8 heteroatoms. The third kappa shape index (κ3) is 6.72. The molecule has 2 N–H and O–H groups in total. The van der Waals surface area contributed by atoms with E-state index in [1.54, 1.807) is 13.2 Å². The van der Waals surface area contributed by atoms with E-state index in [-0.39, 0.29) is 35.9 Å². The molecule has 1 aliphatic carbocycles. The van der Waals surface area contributed by atoms with E-state index >= 15 is 0 Å². The van der Waals surface area contributed by atoms with Crippen LogP contribution in [-0.2, 0) is 16.1 Å². The van der Waals surface area contributed by atoms with Gasteiger partial charge in [-0.05, 0) is 39.5 Å². The molecule has 1 aromatic heterocycles. The van der Waals surface area contributed by atoms with Crippen molar-refractivity contribution in [2.45, 2.75) is 52.1 Å². The zero-order valence-corrected chi connectivity index (χ0v) is 20.1. The van der Waals surface area contributed by atoms with Gasteiger partial charge >= 0.3 is 5.97 Å². The number of oxazole rings is 1. The summed E-state index contributed by atoms with van der Waals surface area (Å²) in [5.41, 5.74) is 2.22. The summed E-state index contributed by atoms with van der Waals surface area (Å²) in [7, 11) is 1.74. The number of ether oxygens (including phenoxy) is 1. The van der Waals surface area contributed by atoms with Crippen LogP contribution in [0.3, 0.4) is 0 Å². The zero-order chi connectivity index (χ0) is 20.6. The molecule has 1 saturated carbocycles. The van der Waals surface area contributed by atoms with E-state index < -0.39 is 0 Å². The van der Waals surface area contributed by atoms with Gasteiger partial charge in [0.1, 0.15) is 0 Å². The number of halogens is 1. The summed E-state index contributed by atoms with van der Waals surface area (Å²) in [6.07, 6.45) is 5.26. The first-order valence-electron chi connectivity index (χ1n) is 10.2. The van der Waals surface area contributed by atoms with Crippen LogP contribution < -0.4 is 10.6 Å². The molecule has 0 unspecified atom stereocenters. The minimum atomic E-state index is -0.0678. The maximum absolute atomic E-state index is 11.9. The van der Waals surface area contributed by atoms with Crippen molar-refractivity contribution >= 4 is 35.9 Å². The maximum Gasteiger partial charge on any atom is 0.308 e. The SMILES string of the molecule is CCOC(=O)C1CCC(NC(=NC)NCc2ncc(-c3ccc(C)cc3)o2)CC1.I. The number of guanidine groups is 1. The van der Waals surface area contributed by atoms with E-state index in [2.05, 4.69) is 39.7 Å². The molecule has 0 radical (unpaired) electrons. The Morgan fingerprint density at radius 2 is 1.93 bits per heavy atom. The average molecular weight is 526 g/mol. The number of hydrogen-bond acceptors (Lipinski definition) is 5. The van der Waals surface area contributed by atoms with Crippen LogP contribution in [0.5, 0.6) is 0 Å². The van der Waals surface area contributed by atoms with Gasteiger partial charge in [-0.1, -0.05) is 29.8 Å². The number of nitrogens with zero attached hydrogens (tertiary/aromatic N) is 2. The summed E-state index contributed by atoms with van der Waals surface area (Å²) >= 11 is 0. The van der Waals surface area contributed by atoms with Crippen LogP contribution in [0.1, 0.15) is 44.1 Å². The molecular formula is C22H31IN4O3. The van der Waals surface area contributed by atoms with Crippen molar-refractivity contribution in [1.82, 2.24) is 15.6 Å². The molecule has 2 aromatic rings. The number of aryl methyl sites for hydroxylation is 1. The Hall–Kier alpha value is -2.10. The van der Waals surface area contributed by atoms with E-state index in [9.17, 15) is 4.79 Å². The highest BCUT2D eigenvalue weighted by atomic mass is 127. The van der Waals surface area contributed by atoms with Crippen molar-refractivity contribution in [3.63, 3.8) is 0 Å². The Morgan fingerprint density at radius 1 is 1.23 bits per heavy atom. The lowest BCUT2D eigenvalue weighted by Gasteiger charge is -2.28. The van der Waals surface area contributed by atoms with Crippen molar-refractivity contribution in [3.8, 4) is 11.3 Å². The van der Waals surface area contributed by atoms with E-state index in [1.165, 1.54) is 5.56 Å². The Morgan fingerprint density at radius 3 is 2.57 bits per heavy atom. The largest absolute Gasteiger partial charge is 0.466 e. The molecule has 30 heavy (non-hydrogen) atoms. The highest BCUT2D eigenvalue weighted by Crippen LogP contribution is 2.25. The summed E-state index contributed by atoms with van der Waals surface area (Å²) in [5.74, 6) is 2.02. The number of aliphatic imine (C=N–C) groups is 1. The molecule has 0 spiro atoms. The first-order valence-corrected chi connectivity index (χ1v) is 10.2. The molecule has 0 atom stereocenters. The molecule has 1 aromatic carbocycles. The fraction of sp³-hybridized carbons (Fsp3) is 0.500. The molecule has 0 saturated heterocycles. The number of benzene rings is 1. The van der Waals surface area contributed by atoms with Gasteiger partial charge in [-0.15, -0.1) is 24.0 Å². The van der Waals surface area contributed by atoms with Crippen LogP contribution in [0.4, 0.5) is 0 Å². The van der Waals surface area contributed by atoms with Gasteiger partial charge in [-0.2, -0.15) is 0 Å². The fourth-order valence-electron chi connectivity index (χ4n) is 3.52. The topological polar surface area (TPSA) is 88.8 Å². The highest BCUT2D eigenvalue weighted by Gasteiger charge is 2.27. The van der Waals surface area contributed by atoms with Gasteiger partial charge in [0.15, 0.2) is 11.7 Å². The third-order valence-corrected chi connectivity index (χ3v) is 5.21. The molecule has 0 bridgehead atoms. The lowest BCUT2D eigenvalue weighted by molar-refractivity contribution is -0.149. The third-order valence-electron chi connectivity index (χ3n) is 5.21. The van der Waals surface area contributed by atoms with Gasteiger partial charge in [-0.3, -0.25) is 9.79 Å². The van der Waals surface area contributed by atoms with Gasteiger partial charge in [0, 0.05) is 18.7 Å². The second kappa shape index (κ2) is 11.9. The van der Waals surface area contributed by atoms with Crippen LogP contribution in [0, 0.1) is 12.8 Å².